The van der Waals surface area contributed by atoms with Gasteiger partial charge in [-0.2, -0.15) is 8.78 Å². The first-order valence-electron chi connectivity index (χ1n) is 5.26. The molecule has 0 aromatic heterocycles. The minimum absolute atomic E-state index is 0.446. The van der Waals surface area contributed by atoms with E-state index in [0.29, 0.717) is 0 Å². The van der Waals surface area contributed by atoms with Crippen LogP contribution < -0.4 is 0 Å². The molecule has 0 saturated carbocycles. The quantitative estimate of drug-likeness (QED) is 0.757. The first kappa shape index (κ1) is 12.4. The molecule has 18 heavy (non-hydrogen) atoms. The Morgan fingerprint density at radius 3 is 2.06 bits per heavy atom. The number of halogens is 3. The molecule has 4 heteroatoms. The predicted molar refractivity (Wildman–Crippen MR) is 61.1 cm³/mol. The lowest BCUT2D eigenvalue weighted by Gasteiger charge is -2.15. The molecule has 0 aliphatic heterocycles. The van der Waals surface area contributed by atoms with Crippen LogP contribution in [0.15, 0.2) is 54.6 Å². The zero-order chi connectivity index (χ0) is 13.2. The van der Waals surface area contributed by atoms with E-state index in [1.807, 2.05) is 0 Å². The molecule has 0 heterocycles. The Labute approximate surface area is 102 Å². The third kappa shape index (κ3) is 2.14. The van der Waals surface area contributed by atoms with Crippen molar-refractivity contribution in [1.82, 2.24) is 0 Å². The van der Waals surface area contributed by atoms with E-state index >= 15 is 0 Å². The van der Waals surface area contributed by atoms with Gasteiger partial charge >= 0.3 is 5.92 Å². The fourth-order valence-corrected chi connectivity index (χ4v) is 1.59. The monoisotopic (exact) mass is 250 g/mol. The van der Waals surface area contributed by atoms with Crippen molar-refractivity contribution in [3.63, 3.8) is 0 Å². The molecule has 0 radical (unpaired) electrons. The van der Waals surface area contributed by atoms with E-state index in [4.69, 9.17) is 0 Å². The molecule has 0 spiro atoms. The number of ketones is 1. The van der Waals surface area contributed by atoms with Crippen LogP contribution in [0, 0.1) is 5.82 Å². The summed E-state index contributed by atoms with van der Waals surface area (Å²) in [5.41, 5.74) is -1.05. The zero-order valence-electron chi connectivity index (χ0n) is 9.24. The third-order valence-corrected chi connectivity index (χ3v) is 2.54. The minimum Gasteiger partial charge on any atom is -0.287 e. The zero-order valence-corrected chi connectivity index (χ0v) is 9.24. The summed E-state index contributed by atoms with van der Waals surface area (Å²) in [6, 6.07) is 11.4. The van der Waals surface area contributed by atoms with Gasteiger partial charge in [-0.15, -0.1) is 0 Å². The predicted octanol–water partition coefficient (Wildman–Crippen LogP) is 3.80. The summed E-state index contributed by atoms with van der Waals surface area (Å²) >= 11 is 0. The number of carbonyl (C=O) groups excluding carboxylic acids is 1. The van der Waals surface area contributed by atoms with Crippen LogP contribution in [0.1, 0.15) is 15.9 Å². The fraction of sp³-hybridized carbons (Fsp3) is 0.0714. The summed E-state index contributed by atoms with van der Waals surface area (Å²) in [6.07, 6.45) is 0. The average Bonchev–Trinajstić information content (AvgIpc) is 2.39. The highest BCUT2D eigenvalue weighted by molar-refractivity contribution is 6.02. The van der Waals surface area contributed by atoms with Crippen LogP contribution in [0.3, 0.4) is 0 Å². The molecule has 0 N–H and O–H groups in total. The van der Waals surface area contributed by atoms with Gasteiger partial charge in [-0.3, -0.25) is 4.79 Å². The lowest BCUT2D eigenvalue weighted by atomic mass is 9.98. The van der Waals surface area contributed by atoms with Crippen LogP contribution >= 0.6 is 0 Å². The maximum atomic E-state index is 13.9. The van der Waals surface area contributed by atoms with Gasteiger partial charge in [0.2, 0.25) is 5.78 Å². The van der Waals surface area contributed by atoms with Crippen molar-refractivity contribution in [2.75, 3.05) is 0 Å². The number of Topliss-reactive ketones (excluding diaryl/α,β-unsaturated/α-hetero) is 1. The van der Waals surface area contributed by atoms with Gasteiger partial charge in [-0.05, 0) is 12.1 Å². The summed E-state index contributed by atoms with van der Waals surface area (Å²) in [5, 5.41) is 0. The second-order valence-electron chi connectivity index (χ2n) is 3.75. The number of alkyl halides is 2. The SMILES string of the molecule is O=C(c1ccccc1F)C(F)(F)c1ccccc1. The summed E-state index contributed by atoms with van der Waals surface area (Å²) in [7, 11) is 0. The number of hydrogen-bond acceptors (Lipinski definition) is 1. The molecule has 0 saturated heterocycles. The second kappa shape index (κ2) is 4.64. The van der Waals surface area contributed by atoms with Crippen LogP contribution in [-0.4, -0.2) is 5.78 Å². The van der Waals surface area contributed by atoms with Crippen molar-refractivity contribution in [2.45, 2.75) is 5.92 Å². The van der Waals surface area contributed by atoms with Crippen molar-refractivity contribution in [3.05, 3.63) is 71.5 Å². The summed E-state index contributed by atoms with van der Waals surface area (Å²) < 4.78 is 41.1. The van der Waals surface area contributed by atoms with Gasteiger partial charge in [-0.25, -0.2) is 4.39 Å². The largest absolute Gasteiger partial charge is 0.335 e. The minimum atomic E-state index is -3.73. The van der Waals surface area contributed by atoms with Gasteiger partial charge in [0, 0.05) is 5.56 Å². The van der Waals surface area contributed by atoms with Gasteiger partial charge in [0.15, 0.2) is 0 Å². The van der Waals surface area contributed by atoms with Crippen LogP contribution in [0.5, 0.6) is 0 Å². The van der Waals surface area contributed by atoms with Gasteiger partial charge in [-0.1, -0.05) is 42.5 Å². The molecule has 0 fully saturated rings. The Balaban J connectivity index is 2.43. The first-order valence-corrected chi connectivity index (χ1v) is 5.26. The molecule has 0 aliphatic rings. The molecule has 0 bridgehead atoms. The van der Waals surface area contributed by atoms with Crippen LogP contribution in [-0.2, 0) is 5.92 Å². The van der Waals surface area contributed by atoms with Gasteiger partial charge < -0.3 is 0 Å². The van der Waals surface area contributed by atoms with Gasteiger partial charge in [0.1, 0.15) is 5.82 Å². The molecule has 92 valence electrons. The fourth-order valence-electron chi connectivity index (χ4n) is 1.59. The summed E-state index contributed by atoms with van der Waals surface area (Å²) in [5.74, 6) is -6.21. The van der Waals surface area contributed by atoms with E-state index < -0.39 is 28.6 Å². The highest BCUT2D eigenvalue weighted by atomic mass is 19.3. The molecule has 2 aromatic carbocycles. The average molecular weight is 250 g/mol. The van der Waals surface area contributed by atoms with E-state index in [-0.39, 0.29) is 0 Å². The molecular formula is C14H9F3O. The molecule has 0 unspecified atom stereocenters. The highest BCUT2D eigenvalue weighted by Crippen LogP contribution is 2.32. The number of carbonyl (C=O) groups is 1. The van der Waals surface area contributed by atoms with Crippen molar-refractivity contribution >= 4 is 5.78 Å². The van der Waals surface area contributed by atoms with Crippen molar-refractivity contribution in [2.24, 2.45) is 0 Å². The Morgan fingerprint density at radius 2 is 1.44 bits per heavy atom. The molecular weight excluding hydrogens is 241 g/mol. The first-order chi connectivity index (χ1) is 8.53. The number of rotatable bonds is 3. The van der Waals surface area contributed by atoms with Crippen molar-refractivity contribution < 1.29 is 18.0 Å². The highest BCUT2D eigenvalue weighted by Gasteiger charge is 2.42. The lowest BCUT2D eigenvalue weighted by molar-refractivity contribution is 0.00703. The molecule has 2 rings (SSSR count). The summed E-state index contributed by atoms with van der Waals surface area (Å²) in [6.45, 7) is 0. The normalized spacial score (nSPS) is 11.3. The van der Waals surface area contributed by atoms with E-state index in [1.165, 1.54) is 24.3 Å². The van der Waals surface area contributed by atoms with E-state index in [9.17, 15) is 18.0 Å². The third-order valence-electron chi connectivity index (χ3n) is 2.54. The van der Waals surface area contributed by atoms with Crippen molar-refractivity contribution in [3.8, 4) is 0 Å². The van der Waals surface area contributed by atoms with Crippen LogP contribution in [0.2, 0.25) is 0 Å². The van der Waals surface area contributed by atoms with Gasteiger partial charge in [0.05, 0.1) is 5.56 Å². The van der Waals surface area contributed by atoms with Crippen LogP contribution in [0.4, 0.5) is 13.2 Å². The van der Waals surface area contributed by atoms with E-state index in [1.54, 1.807) is 6.07 Å². The Kier molecular flexibility index (Phi) is 3.19. The Hall–Kier alpha value is -2.10. The molecule has 0 atom stereocenters. The second-order valence-corrected chi connectivity index (χ2v) is 3.75. The Morgan fingerprint density at radius 1 is 0.889 bits per heavy atom. The van der Waals surface area contributed by atoms with E-state index in [0.717, 1.165) is 24.3 Å². The standard InChI is InChI=1S/C14H9F3O/c15-12-9-5-4-8-11(12)13(18)14(16,17)10-6-2-1-3-7-10/h1-9H. The molecule has 0 amide bonds. The maximum Gasteiger partial charge on any atom is 0.335 e. The number of hydrogen-bond donors (Lipinski definition) is 0. The van der Waals surface area contributed by atoms with Crippen LogP contribution in [0.25, 0.3) is 0 Å². The Bertz CT molecular complexity index is 564. The molecule has 2 aromatic rings. The smallest absolute Gasteiger partial charge is 0.287 e. The topological polar surface area (TPSA) is 17.1 Å². The lowest BCUT2D eigenvalue weighted by Crippen LogP contribution is -2.26. The van der Waals surface area contributed by atoms with Gasteiger partial charge in [0.25, 0.3) is 0 Å². The van der Waals surface area contributed by atoms with E-state index in [2.05, 4.69) is 0 Å². The summed E-state index contributed by atoms with van der Waals surface area (Å²) in [4.78, 5) is 11.7. The van der Waals surface area contributed by atoms with Crippen molar-refractivity contribution in [1.29, 1.82) is 0 Å². The number of benzene rings is 2. The molecule has 0 aliphatic carbocycles. The molecule has 1 nitrogen and oxygen atoms in total. The maximum absolute atomic E-state index is 13.9.